The van der Waals surface area contributed by atoms with Gasteiger partial charge in [-0.25, -0.2) is 8.42 Å². The van der Waals surface area contributed by atoms with Gasteiger partial charge in [0.2, 0.25) is 15.9 Å². The first-order valence-corrected chi connectivity index (χ1v) is 9.82. The first-order chi connectivity index (χ1) is 13.2. The number of methoxy groups -OCH3 is 1. The smallest absolute Gasteiger partial charge is 0.271 e. The van der Waals surface area contributed by atoms with Crippen LogP contribution in [0.3, 0.4) is 0 Å². The molecule has 1 amide bonds. The molecule has 10 heteroatoms. The predicted molar refractivity (Wildman–Crippen MR) is 104 cm³/mol. The van der Waals surface area contributed by atoms with Crippen molar-refractivity contribution in [1.82, 2.24) is 4.31 Å². The maximum atomic E-state index is 13.0. The topological polar surface area (TPSA) is 119 Å². The summed E-state index contributed by atoms with van der Waals surface area (Å²) in [6.07, 6.45) is 0. The molecule has 0 atom stereocenters. The van der Waals surface area contributed by atoms with Crippen LogP contribution in [0, 0.1) is 17.0 Å². The Morgan fingerprint density at radius 2 is 1.96 bits per heavy atom. The number of nitrogens with one attached hydrogen (secondary N) is 1. The second-order valence-corrected chi connectivity index (χ2v) is 7.85. The molecule has 0 aliphatic heterocycles. The molecule has 0 saturated carbocycles. The van der Waals surface area contributed by atoms with E-state index in [4.69, 9.17) is 4.74 Å². The fourth-order valence-corrected chi connectivity index (χ4v) is 4.19. The number of aryl methyl sites for hydroxylation is 1. The first-order valence-electron chi connectivity index (χ1n) is 8.38. The van der Waals surface area contributed by atoms with Crippen LogP contribution in [-0.4, -0.2) is 43.8 Å². The molecule has 0 heterocycles. The predicted octanol–water partition coefficient (Wildman–Crippen LogP) is 2.56. The number of nitro groups is 1. The number of likely N-dealkylation sites (N-methyl/N-ethyl adjacent to an activating group) is 1. The number of sulfonamides is 1. The van der Waals surface area contributed by atoms with E-state index in [0.717, 1.165) is 9.87 Å². The van der Waals surface area contributed by atoms with Gasteiger partial charge in [0.25, 0.3) is 5.69 Å². The van der Waals surface area contributed by atoms with Crippen LogP contribution in [0.25, 0.3) is 0 Å². The molecule has 0 saturated heterocycles. The summed E-state index contributed by atoms with van der Waals surface area (Å²) in [5.74, 6) is -0.430. The monoisotopic (exact) mass is 407 g/mol. The average molecular weight is 407 g/mol. The summed E-state index contributed by atoms with van der Waals surface area (Å²) in [6.45, 7) is 2.98. The molecular weight excluding hydrogens is 386 g/mol. The Balaban J connectivity index is 2.23. The Labute approximate surface area is 163 Å². The van der Waals surface area contributed by atoms with Crippen molar-refractivity contribution < 1.29 is 22.9 Å². The molecule has 150 valence electrons. The summed E-state index contributed by atoms with van der Waals surface area (Å²) < 4.78 is 32.2. The van der Waals surface area contributed by atoms with Gasteiger partial charge in [0.05, 0.1) is 18.6 Å². The number of ether oxygens (including phenoxy) is 1. The third-order valence-corrected chi connectivity index (χ3v) is 5.89. The van der Waals surface area contributed by atoms with Gasteiger partial charge in [-0.3, -0.25) is 14.9 Å². The average Bonchev–Trinajstić information content (AvgIpc) is 2.66. The molecular formula is C18H21N3O6S. The van der Waals surface area contributed by atoms with Crippen molar-refractivity contribution in [3.05, 3.63) is 58.1 Å². The molecule has 0 unspecified atom stereocenters. The Kier molecular flexibility index (Phi) is 6.71. The molecule has 0 spiro atoms. The van der Waals surface area contributed by atoms with Crippen LogP contribution in [0.5, 0.6) is 5.75 Å². The largest absolute Gasteiger partial charge is 0.495 e. The van der Waals surface area contributed by atoms with Crippen LogP contribution in [0.15, 0.2) is 47.4 Å². The highest BCUT2D eigenvalue weighted by molar-refractivity contribution is 7.89. The van der Waals surface area contributed by atoms with Gasteiger partial charge < -0.3 is 10.1 Å². The van der Waals surface area contributed by atoms with Crippen molar-refractivity contribution in [2.24, 2.45) is 0 Å². The van der Waals surface area contributed by atoms with E-state index in [0.29, 0.717) is 0 Å². The maximum Gasteiger partial charge on any atom is 0.271 e. The highest BCUT2D eigenvalue weighted by Crippen LogP contribution is 2.27. The molecule has 0 aromatic heterocycles. The zero-order valence-corrected chi connectivity index (χ0v) is 16.5. The standard InChI is InChI=1S/C18H21N3O6S/c1-4-20(28(25,26)17-10-13(2)8-9-16(17)27-3)12-18(22)19-14-6-5-7-15(11-14)21(23)24/h5-11H,4,12H2,1-3H3,(H,19,22). The summed E-state index contributed by atoms with van der Waals surface area (Å²) in [6, 6.07) is 10.2. The van der Waals surface area contributed by atoms with Crippen molar-refractivity contribution in [2.45, 2.75) is 18.7 Å². The Hall–Kier alpha value is -2.98. The number of carbonyl (C=O) groups excluding carboxylic acids is 1. The van der Waals surface area contributed by atoms with Gasteiger partial charge in [0, 0.05) is 24.4 Å². The summed E-state index contributed by atoms with van der Waals surface area (Å²) >= 11 is 0. The molecule has 2 aromatic carbocycles. The lowest BCUT2D eigenvalue weighted by molar-refractivity contribution is -0.384. The van der Waals surface area contributed by atoms with E-state index < -0.39 is 27.4 Å². The number of non-ortho nitro benzene ring substituents is 1. The SMILES string of the molecule is CCN(CC(=O)Nc1cccc([N+](=O)[O-])c1)S(=O)(=O)c1cc(C)ccc1OC. The lowest BCUT2D eigenvalue weighted by Gasteiger charge is -2.21. The number of benzene rings is 2. The first kappa shape index (κ1) is 21.3. The fraction of sp³-hybridized carbons (Fsp3) is 0.278. The van der Waals surface area contributed by atoms with Crippen LogP contribution in [-0.2, 0) is 14.8 Å². The molecule has 0 bridgehead atoms. The fourth-order valence-electron chi connectivity index (χ4n) is 2.55. The Morgan fingerprint density at radius 1 is 1.25 bits per heavy atom. The Bertz CT molecular complexity index is 991. The Morgan fingerprint density at radius 3 is 2.57 bits per heavy atom. The highest BCUT2D eigenvalue weighted by Gasteiger charge is 2.28. The third kappa shape index (κ3) is 4.84. The number of amides is 1. The number of carbonyl (C=O) groups is 1. The third-order valence-electron chi connectivity index (χ3n) is 3.95. The minimum atomic E-state index is -3.99. The number of nitrogens with zero attached hydrogens (tertiary/aromatic N) is 2. The van der Waals surface area contributed by atoms with E-state index in [2.05, 4.69) is 5.32 Å². The second kappa shape index (κ2) is 8.81. The minimum absolute atomic E-state index is 0.0278. The van der Waals surface area contributed by atoms with Gasteiger partial charge in [-0.1, -0.05) is 19.1 Å². The minimum Gasteiger partial charge on any atom is -0.495 e. The van der Waals surface area contributed by atoms with Crippen LogP contribution in [0.1, 0.15) is 12.5 Å². The molecule has 1 N–H and O–H groups in total. The quantitative estimate of drug-likeness (QED) is 0.531. The van der Waals surface area contributed by atoms with Crippen molar-refractivity contribution in [3.63, 3.8) is 0 Å². The van der Waals surface area contributed by atoms with Crippen LogP contribution >= 0.6 is 0 Å². The summed E-state index contributed by atoms with van der Waals surface area (Å²) in [5.41, 5.74) is 0.763. The summed E-state index contributed by atoms with van der Waals surface area (Å²) in [7, 11) is -2.62. The molecule has 2 rings (SSSR count). The molecule has 28 heavy (non-hydrogen) atoms. The van der Waals surface area contributed by atoms with E-state index in [-0.39, 0.29) is 28.6 Å². The maximum absolute atomic E-state index is 13.0. The molecule has 9 nitrogen and oxygen atoms in total. The zero-order valence-electron chi connectivity index (χ0n) is 15.7. The number of hydrogen-bond donors (Lipinski definition) is 1. The van der Waals surface area contributed by atoms with Crippen molar-refractivity contribution in [1.29, 1.82) is 0 Å². The zero-order chi connectivity index (χ0) is 20.9. The van der Waals surface area contributed by atoms with E-state index in [1.165, 1.54) is 37.4 Å². The number of hydrogen-bond acceptors (Lipinski definition) is 6. The van der Waals surface area contributed by atoms with Gasteiger partial charge in [-0.05, 0) is 30.7 Å². The second-order valence-electron chi connectivity index (χ2n) is 5.94. The molecule has 0 aliphatic carbocycles. The van der Waals surface area contributed by atoms with Gasteiger partial charge in [0.1, 0.15) is 10.6 Å². The summed E-state index contributed by atoms with van der Waals surface area (Å²) in [4.78, 5) is 22.6. The van der Waals surface area contributed by atoms with Crippen LogP contribution in [0.4, 0.5) is 11.4 Å². The van der Waals surface area contributed by atoms with Crippen molar-refractivity contribution >= 4 is 27.3 Å². The van der Waals surface area contributed by atoms with Crippen molar-refractivity contribution in [2.75, 3.05) is 25.5 Å². The van der Waals surface area contributed by atoms with E-state index in [1.807, 2.05) is 0 Å². The van der Waals surface area contributed by atoms with Gasteiger partial charge in [0.15, 0.2) is 0 Å². The lowest BCUT2D eigenvalue weighted by atomic mass is 10.2. The molecule has 0 radical (unpaired) electrons. The molecule has 2 aromatic rings. The normalized spacial score (nSPS) is 11.3. The van der Waals surface area contributed by atoms with Gasteiger partial charge in [-0.15, -0.1) is 0 Å². The van der Waals surface area contributed by atoms with Crippen LogP contribution < -0.4 is 10.1 Å². The summed E-state index contributed by atoms with van der Waals surface area (Å²) in [5, 5.41) is 13.3. The van der Waals surface area contributed by atoms with Gasteiger partial charge in [-0.2, -0.15) is 4.31 Å². The van der Waals surface area contributed by atoms with Gasteiger partial charge >= 0.3 is 0 Å². The molecule has 0 aliphatic rings. The van der Waals surface area contributed by atoms with Crippen LogP contribution in [0.2, 0.25) is 0 Å². The lowest BCUT2D eigenvalue weighted by Crippen LogP contribution is -2.38. The van der Waals surface area contributed by atoms with E-state index in [9.17, 15) is 23.3 Å². The number of nitro benzene ring substituents is 1. The number of rotatable bonds is 8. The molecule has 0 fully saturated rings. The van der Waals surface area contributed by atoms with E-state index >= 15 is 0 Å². The number of anilines is 1. The van der Waals surface area contributed by atoms with Crippen molar-refractivity contribution in [3.8, 4) is 5.75 Å². The van der Waals surface area contributed by atoms with E-state index in [1.54, 1.807) is 26.0 Å². The highest BCUT2D eigenvalue weighted by atomic mass is 32.2.